The molecule has 122 valence electrons. The van der Waals surface area contributed by atoms with Crippen LogP contribution in [-0.4, -0.2) is 26.5 Å². The molecule has 1 aromatic carbocycles. The first-order valence-electron chi connectivity index (χ1n) is 8.06. The fourth-order valence-corrected chi connectivity index (χ4v) is 3.36. The Bertz CT molecular complexity index is 986. The van der Waals surface area contributed by atoms with Crippen LogP contribution in [0.2, 0.25) is 0 Å². The summed E-state index contributed by atoms with van der Waals surface area (Å²) in [5.41, 5.74) is 1.82. The number of rotatable bonds is 2. The maximum Gasteiger partial charge on any atom is 0.252 e. The van der Waals surface area contributed by atoms with E-state index < -0.39 is 0 Å². The Morgan fingerprint density at radius 1 is 1.38 bits per heavy atom. The molecule has 4 rings (SSSR count). The first kappa shape index (κ1) is 14.7. The summed E-state index contributed by atoms with van der Waals surface area (Å²) in [5, 5.41) is 3.82. The van der Waals surface area contributed by atoms with Gasteiger partial charge in [0, 0.05) is 42.2 Å². The van der Waals surface area contributed by atoms with Crippen molar-refractivity contribution in [1.82, 2.24) is 19.9 Å². The molecule has 6 heteroatoms. The lowest BCUT2D eigenvalue weighted by atomic mass is 10.0. The van der Waals surface area contributed by atoms with Gasteiger partial charge >= 0.3 is 0 Å². The summed E-state index contributed by atoms with van der Waals surface area (Å²) >= 11 is 0. The van der Waals surface area contributed by atoms with Gasteiger partial charge in [0.1, 0.15) is 5.82 Å². The third kappa shape index (κ3) is 2.60. The summed E-state index contributed by atoms with van der Waals surface area (Å²) in [5.74, 6) is 0.863. The highest BCUT2D eigenvalue weighted by Gasteiger charge is 2.22. The van der Waals surface area contributed by atoms with Crippen LogP contribution in [0.3, 0.4) is 0 Å². The van der Waals surface area contributed by atoms with Crippen molar-refractivity contribution >= 4 is 16.8 Å². The highest BCUT2D eigenvalue weighted by Crippen LogP contribution is 2.18. The molecule has 0 bridgehead atoms. The number of nitrogens with one attached hydrogen (secondary N) is 2. The molecule has 1 aliphatic rings. The average Bonchev–Trinajstić information content (AvgIpc) is 2.93. The Kier molecular flexibility index (Phi) is 3.45. The number of amides is 1. The minimum absolute atomic E-state index is 0.0386. The number of H-pyrrole nitrogens is 1. The zero-order valence-electron chi connectivity index (χ0n) is 13.4. The van der Waals surface area contributed by atoms with Gasteiger partial charge in [-0.15, -0.1) is 0 Å². The number of nitrogens with zero attached hydrogens (tertiary/aromatic N) is 2. The molecular formula is C18H18N4O2. The van der Waals surface area contributed by atoms with Crippen molar-refractivity contribution in [3.8, 4) is 0 Å². The number of aromatic nitrogens is 3. The molecule has 0 spiro atoms. The molecule has 3 heterocycles. The lowest BCUT2D eigenvalue weighted by Crippen LogP contribution is -2.41. The molecule has 1 atom stereocenters. The number of para-hydroxylation sites is 1. The van der Waals surface area contributed by atoms with Gasteiger partial charge in [-0.2, -0.15) is 0 Å². The first-order chi connectivity index (χ1) is 11.6. The standard InChI is InChI=1S/C18H18N4O2/c1-11-9-22-10-12(6-7-16(22)19-11)20-18(24)14-8-17(23)21-15-5-3-2-4-13(14)15/h2-5,8-9,12H,6-7,10H2,1H3,(H,20,24)(H,21,23). The van der Waals surface area contributed by atoms with Gasteiger partial charge in [-0.1, -0.05) is 18.2 Å². The van der Waals surface area contributed by atoms with Gasteiger partial charge in [-0.05, 0) is 19.4 Å². The molecule has 3 aromatic rings. The van der Waals surface area contributed by atoms with Gasteiger partial charge in [0.15, 0.2) is 0 Å². The Labute approximate surface area is 138 Å². The zero-order valence-corrected chi connectivity index (χ0v) is 13.4. The summed E-state index contributed by atoms with van der Waals surface area (Å²) in [4.78, 5) is 31.8. The quantitative estimate of drug-likeness (QED) is 0.755. The molecule has 0 aliphatic carbocycles. The van der Waals surface area contributed by atoms with Crippen molar-refractivity contribution in [2.24, 2.45) is 0 Å². The van der Waals surface area contributed by atoms with Crippen molar-refractivity contribution in [3.63, 3.8) is 0 Å². The Hall–Kier alpha value is -2.89. The number of pyridine rings is 1. The second kappa shape index (κ2) is 5.63. The van der Waals surface area contributed by atoms with E-state index in [1.165, 1.54) is 6.07 Å². The van der Waals surface area contributed by atoms with E-state index in [9.17, 15) is 9.59 Å². The van der Waals surface area contributed by atoms with Crippen LogP contribution in [0.1, 0.15) is 28.3 Å². The predicted molar refractivity (Wildman–Crippen MR) is 91.1 cm³/mol. The molecule has 1 amide bonds. The number of hydrogen-bond donors (Lipinski definition) is 2. The van der Waals surface area contributed by atoms with Gasteiger partial charge in [-0.25, -0.2) is 4.98 Å². The van der Waals surface area contributed by atoms with E-state index >= 15 is 0 Å². The van der Waals surface area contributed by atoms with E-state index in [2.05, 4.69) is 19.9 Å². The maximum atomic E-state index is 12.7. The Balaban J connectivity index is 1.60. The molecule has 2 aromatic heterocycles. The van der Waals surface area contributed by atoms with Crippen LogP contribution in [-0.2, 0) is 13.0 Å². The van der Waals surface area contributed by atoms with Gasteiger partial charge < -0.3 is 14.9 Å². The number of carbonyl (C=O) groups is 1. The summed E-state index contributed by atoms with van der Waals surface area (Å²) in [6.45, 7) is 2.68. The zero-order chi connectivity index (χ0) is 16.7. The van der Waals surface area contributed by atoms with Gasteiger partial charge in [0.25, 0.3) is 5.91 Å². The van der Waals surface area contributed by atoms with E-state index in [1.807, 2.05) is 31.3 Å². The summed E-state index contributed by atoms with van der Waals surface area (Å²) in [7, 11) is 0. The van der Waals surface area contributed by atoms with Crippen LogP contribution in [0.4, 0.5) is 0 Å². The highest BCUT2D eigenvalue weighted by molar-refractivity contribution is 6.06. The van der Waals surface area contributed by atoms with Gasteiger partial charge in [0.2, 0.25) is 5.56 Å². The van der Waals surface area contributed by atoms with Gasteiger partial charge in [-0.3, -0.25) is 9.59 Å². The Morgan fingerprint density at radius 3 is 3.08 bits per heavy atom. The molecule has 2 N–H and O–H groups in total. The van der Waals surface area contributed by atoms with Crippen molar-refractivity contribution < 1.29 is 4.79 Å². The molecule has 0 fully saturated rings. The van der Waals surface area contributed by atoms with Crippen LogP contribution in [0.5, 0.6) is 0 Å². The first-order valence-corrected chi connectivity index (χ1v) is 8.06. The lowest BCUT2D eigenvalue weighted by Gasteiger charge is -2.24. The summed E-state index contributed by atoms with van der Waals surface area (Å²) < 4.78 is 2.10. The lowest BCUT2D eigenvalue weighted by molar-refractivity contribution is 0.0929. The number of aryl methyl sites for hydroxylation is 2. The molecule has 0 saturated heterocycles. The fourth-order valence-electron chi connectivity index (χ4n) is 3.36. The number of aromatic amines is 1. The van der Waals surface area contributed by atoms with Crippen LogP contribution in [0.15, 0.2) is 41.3 Å². The van der Waals surface area contributed by atoms with Crippen LogP contribution >= 0.6 is 0 Å². The second-order valence-electron chi connectivity index (χ2n) is 6.25. The topological polar surface area (TPSA) is 79.8 Å². The monoisotopic (exact) mass is 322 g/mol. The van der Waals surface area contributed by atoms with E-state index in [0.717, 1.165) is 29.7 Å². The maximum absolute atomic E-state index is 12.7. The normalized spacial score (nSPS) is 16.8. The SMILES string of the molecule is Cc1cn2c(n1)CCC(NC(=O)c1cc(=O)[nH]c3ccccc13)C2. The van der Waals surface area contributed by atoms with Crippen LogP contribution in [0, 0.1) is 6.92 Å². The van der Waals surface area contributed by atoms with E-state index in [1.54, 1.807) is 6.07 Å². The number of imidazole rings is 1. The second-order valence-corrected chi connectivity index (χ2v) is 6.25. The van der Waals surface area contributed by atoms with Crippen LogP contribution < -0.4 is 10.9 Å². The molecular weight excluding hydrogens is 304 g/mol. The molecule has 1 aliphatic heterocycles. The minimum Gasteiger partial charge on any atom is -0.347 e. The van der Waals surface area contributed by atoms with Crippen molar-refractivity contribution in [2.45, 2.75) is 32.4 Å². The average molecular weight is 322 g/mol. The van der Waals surface area contributed by atoms with Crippen molar-refractivity contribution in [1.29, 1.82) is 0 Å². The van der Waals surface area contributed by atoms with Gasteiger partial charge in [0.05, 0.1) is 11.3 Å². The highest BCUT2D eigenvalue weighted by atomic mass is 16.2. The largest absolute Gasteiger partial charge is 0.347 e. The third-order valence-corrected chi connectivity index (χ3v) is 4.44. The predicted octanol–water partition coefficient (Wildman–Crippen LogP) is 1.78. The minimum atomic E-state index is -0.269. The third-order valence-electron chi connectivity index (χ3n) is 4.44. The van der Waals surface area contributed by atoms with E-state index in [4.69, 9.17) is 0 Å². The number of hydrogen-bond acceptors (Lipinski definition) is 3. The van der Waals surface area contributed by atoms with Crippen LogP contribution in [0.25, 0.3) is 10.9 Å². The number of carbonyl (C=O) groups excluding carboxylic acids is 1. The van der Waals surface area contributed by atoms with E-state index in [0.29, 0.717) is 17.6 Å². The smallest absolute Gasteiger partial charge is 0.252 e. The number of fused-ring (bicyclic) bond motifs is 2. The van der Waals surface area contributed by atoms with E-state index in [-0.39, 0.29) is 17.5 Å². The Morgan fingerprint density at radius 2 is 2.21 bits per heavy atom. The van der Waals surface area contributed by atoms with Crippen molar-refractivity contribution in [2.75, 3.05) is 0 Å². The molecule has 6 nitrogen and oxygen atoms in total. The summed E-state index contributed by atoms with van der Waals surface area (Å²) in [6, 6.07) is 8.75. The molecule has 24 heavy (non-hydrogen) atoms. The molecule has 0 saturated carbocycles. The van der Waals surface area contributed by atoms with Crippen molar-refractivity contribution in [3.05, 3.63) is 64.0 Å². The molecule has 1 unspecified atom stereocenters. The molecule has 0 radical (unpaired) electrons. The summed E-state index contributed by atoms with van der Waals surface area (Å²) in [6.07, 6.45) is 3.70. The fraction of sp³-hybridized carbons (Fsp3) is 0.278. The number of benzene rings is 1.